The molecule has 1 saturated heterocycles. The number of anilines is 2. The van der Waals surface area contributed by atoms with Gasteiger partial charge >= 0.3 is 0 Å². The van der Waals surface area contributed by atoms with Crippen LogP contribution in [-0.2, 0) is 4.74 Å². The number of hydrogen-bond donors (Lipinski definition) is 3. The zero-order valence-electron chi connectivity index (χ0n) is 22.9. The average Bonchev–Trinajstić information content (AvgIpc) is 3.31. The van der Waals surface area contributed by atoms with E-state index in [1.54, 1.807) is 24.3 Å². The highest BCUT2D eigenvalue weighted by Gasteiger charge is 2.26. The summed E-state index contributed by atoms with van der Waals surface area (Å²) in [5.74, 6) is 1.58. The van der Waals surface area contributed by atoms with Gasteiger partial charge in [0.2, 0.25) is 5.95 Å². The fourth-order valence-corrected chi connectivity index (χ4v) is 5.46. The lowest BCUT2D eigenvalue weighted by Gasteiger charge is -2.34. The first-order valence-corrected chi connectivity index (χ1v) is 13.9. The highest BCUT2D eigenvalue weighted by Crippen LogP contribution is 2.30. The van der Waals surface area contributed by atoms with Crippen LogP contribution >= 0.6 is 0 Å². The fourth-order valence-electron chi connectivity index (χ4n) is 5.46. The van der Waals surface area contributed by atoms with Gasteiger partial charge in [0.15, 0.2) is 5.82 Å². The molecule has 0 bridgehead atoms. The molecule has 0 amide bonds. The third-order valence-corrected chi connectivity index (χ3v) is 7.59. The molecule has 0 spiro atoms. The molecule has 1 aliphatic carbocycles. The lowest BCUT2D eigenvalue weighted by Crippen LogP contribution is -2.44. The summed E-state index contributed by atoms with van der Waals surface area (Å²) < 4.78 is 35.3. The Morgan fingerprint density at radius 3 is 2.56 bits per heavy atom. The summed E-state index contributed by atoms with van der Waals surface area (Å²) >= 11 is 0. The van der Waals surface area contributed by atoms with Crippen LogP contribution in [0.25, 0.3) is 16.9 Å². The fraction of sp³-hybridized carbons (Fsp3) is 0.607. The molecule has 1 atom stereocenters. The van der Waals surface area contributed by atoms with Gasteiger partial charge in [-0.3, -0.25) is 4.57 Å². The number of imidazole rings is 1. The average molecular weight is 544 g/mol. The van der Waals surface area contributed by atoms with Crippen molar-refractivity contribution in [3.05, 3.63) is 36.2 Å². The van der Waals surface area contributed by atoms with Gasteiger partial charge in [0.1, 0.15) is 11.6 Å². The number of nitrogens with one attached hydrogen (secondary N) is 2. The summed E-state index contributed by atoms with van der Waals surface area (Å²) in [5.41, 5.74) is 0.355. The Balaban J connectivity index is 1.39. The third-order valence-electron chi connectivity index (χ3n) is 7.59. The van der Waals surface area contributed by atoms with Gasteiger partial charge in [-0.15, -0.1) is 0 Å². The molecule has 0 unspecified atom stereocenters. The molecule has 5 rings (SSSR count). The molecule has 212 valence electrons. The largest absolute Gasteiger partial charge is 0.389 e. The van der Waals surface area contributed by atoms with Crippen molar-refractivity contribution in [2.45, 2.75) is 70.6 Å². The van der Waals surface area contributed by atoms with Crippen molar-refractivity contribution in [3.8, 4) is 5.82 Å². The van der Waals surface area contributed by atoms with Crippen molar-refractivity contribution in [2.75, 3.05) is 43.1 Å². The lowest BCUT2D eigenvalue weighted by molar-refractivity contribution is 0.0736. The predicted molar refractivity (Wildman–Crippen MR) is 148 cm³/mol. The van der Waals surface area contributed by atoms with Crippen LogP contribution in [0, 0.1) is 5.92 Å². The van der Waals surface area contributed by atoms with E-state index in [1.807, 2.05) is 19.9 Å². The van der Waals surface area contributed by atoms with E-state index < -0.39 is 12.0 Å². The van der Waals surface area contributed by atoms with E-state index in [4.69, 9.17) is 14.7 Å². The molecule has 2 aliphatic rings. The van der Waals surface area contributed by atoms with Crippen molar-refractivity contribution in [1.82, 2.24) is 24.8 Å². The van der Waals surface area contributed by atoms with Crippen LogP contribution in [0.1, 0.15) is 58.7 Å². The summed E-state index contributed by atoms with van der Waals surface area (Å²) in [6.07, 6.45) is 1.42. The van der Waals surface area contributed by atoms with Gasteiger partial charge in [-0.1, -0.05) is 12.1 Å². The van der Waals surface area contributed by atoms with Gasteiger partial charge in [-0.25, -0.2) is 13.8 Å². The number of morpholine rings is 1. The Kier molecular flexibility index (Phi) is 8.29. The Hall–Kier alpha value is -2.89. The second kappa shape index (κ2) is 11.7. The van der Waals surface area contributed by atoms with E-state index in [1.165, 1.54) is 4.57 Å². The molecule has 1 aliphatic heterocycles. The molecule has 2 aromatic heterocycles. The number of aromatic nitrogens is 4. The molecule has 9 nitrogen and oxygen atoms in total. The van der Waals surface area contributed by atoms with Gasteiger partial charge in [0, 0.05) is 31.7 Å². The standard InChI is InChI=1S/C28H39F2N7O2/c1-18-16-39-13-12-36(18)23-14-24(37-22-7-5-4-6-21(22)33-26(37)25(29)30)35-27(34-23)31-15-19-8-10-20(11-9-19)32-17-28(2,3)38/h4-7,14,18-20,25,32,38H,8-13,15-17H2,1-3H3,(H,31,34,35)/t18-,19?,20?/m1/s1. The van der Waals surface area contributed by atoms with Crippen LogP contribution in [0.2, 0.25) is 0 Å². The Morgan fingerprint density at radius 2 is 1.85 bits per heavy atom. The number of rotatable bonds is 9. The number of fused-ring (bicyclic) bond motifs is 1. The monoisotopic (exact) mass is 543 g/mol. The first kappa shape index (κ1) is 27.7. The van der Waals surface area contributed by atoms with Crippen molar-refractivity contribution in [3.63, 3.8) is 0 Å². The third kappa shape index (κ3) is 6.64. The van der Waals surface area contributed by atoms with E-state index in [0.29, 0.717) is 73.4 Å². The molecular formula is C28H39F2N7O2. The van der Waals surface area contributed by atoms with Crippen LogP contribution in [-0.4, -0.2) is 75.2 Å². The molecule has 3 heterocycles. The van der Waals surface area contributed by atoms with E-state index in [9.17, 15) is 13.9 Å². The highest BCUT2D eigenvalue weighted by molar-refractivity contribution is 5.78. The summed E-state index contributed by atoms with van der Waals surface area (Å²) in [4.78, 5) is 15.9. The smallest absolute Gasteiger partial charge is 0.296 e. The van der Waals surface area contributed by atoms with Gasteiger partial charge in [0.05, 0.1) is 35.9 Å². The molecule has 11 heteroatoms. The van der Waals surface area contributed by atoms with E-state index in [-0.39, 0.29) is 11.9 Å². The molecule has 1 aromatic carbocycles. The molecule has 2 fully saturated rings. The van der Waals surface area contributed by atoms with Gasteiger partial charge in [-0.2, -0.15) is 9.97 Å². The summed E-state index contributed by atoms with van der Waals surface area (Å²) in [6, 6.07) is 9.39. The number of alkyl halides is 2. The first-order chi connectivity index (χ1) is 18.7. The van der Waals surface area contributed by atoms with Crippen LogP contribution in [0.15, 0.2) is 30.3 Å². The second-order valence-electron chi connectivity index (χ2n) is 11.4. The quantitative estimate of drug-likeness (QED) is 0.367. The van der Waals surface area contributed by atoms with Gasteiger partial charge < -0.3 is 25.4 Å². The van der Waals surface area contributed by atoms with Crippen molar-refractivity contribution >= 4 is 22.8 Å². The zero-order chi connectivity index (χ0) is 27.6. The summed E-state index contributed by atoms with van der Waals surface area (Å²) in [5, 5.41) is 16.9. The number of halogens is 2. The number of hydrogen-bond acceptors (Lipinski definition) is 8. The maximum Gasteiger partial charge on any atom is 0.296 e. The molecule has 3 aromatic rings. The molecule has 1 saturated carbocycles. The number of nitrogens with zero attached hydrogens (tertiary/aromatic N) is 5. The van der Waals surface area contributed by atoms with E-state index in [0.717, 1.165) is 25.7 Å². The maximum absolute atomic E-state index is 14.1. The summed E-state index contributed by atoms with van der Waals surface area (Å²) in [6.45, 7) is 8.77. The van der Waals surface area contributed by atoms with Crippen molar-refractivity contribution in [1.29, 1.82) is 0 Å². The van der Waals surface area contributed by atoms with Gasteiger partial charge in [0.25, 0.3) is 6.43 Å². The van der Waals surface area contributed by atoms with Crippen LogP contribution in [0.3, 0.4) is 0 Å². The van der Waals surface area contributed by atoms with E-state index >= 15 is 0 Å². The molecule has 3 N–H and O–H groups in total. The lowest BCUT2D eigenvalue weighted by atomic mass is 9.86. The normalized spacial score (nSPS) is 22.5. The number of aliphatic hydroxyl groups is 1. The second-order valence-corrected chi connectivity index (χ2v) is 11.4. The topological polar surface area (TPSA) is 100 Å². The minimum atomic E-state index is -2.75. The number of benzene rings is 1. The molecule has 0 radical (unpaired) electrons. The zero-order valence-corrected chi connectivity index (χ0v) is 22.9. The Bertz CT molecular complexity index is 1250. The van der Waals surface area contributed by atoms with Gasteiger partial charge in [-0.05, 0) is 64.5 Å². The number of ether oxygens (including phenoxy) is 1. The highest BCUT2D eigenvalue weighted by atomic mass is 19.3. The minimum absolute atomic E-state index is 0.0927. The van der Waals surface area contributed by atoms with Crippen LogP contribution in [0.4, 0.5) is 20.5 Å². The SMILES string of the molecule is C[C@@H]1COCCN1c1cc(-n2c(C(F)F)nc3ccccc32)nc(NCC2CCC(NCC(C)(C)O)CC2)n1. The van der Waals surface area contributed by atoms with Crippen molar-refractivity contribution < 1.29 is 18.6 Å². The summed E-state index contributed by atoms with van der Waals surface area (Å²) in [7, 11) is 0. The molecular weight excluding hydrogens is 504 g/mol. The Labute approximate surface area is 228 Å². The van der Waals surface area contributed by atoms with Crippen LogP contribution in [0.5, 0.6) is 0 Å². The predicted octanol–water partition coefficient (Wildman–Crippen LogP) is 4.31. The van der Waals surface area contributed by atoms with Crippen molar-refractivity contribution in [2.24, 2.45) is 5.92 Å². The van der Waals surface area contributed by atoms with Crippen LogP contribution < -0.4 is 15.5 Å². The first-order valence-electron chi connectivity index (χ1n) is 13.9. The number of para-hydroxylation sites is 2. The van der Waals surface area contributed by atoms with E-state index in [2.05, 4.69) is 27.4 Å². The Morgan fingerprint density at radius 1 is 1.10 bits per heavy atom. The minimum Gasteiger partial charge on any atom is -0.389 e. The molecule has 39 heavy (non-hydrogen) atoms. The maximum atomic E-state index is 14.1.